The second-order valence-corrected chi connectivity index (χ2v) is 6.45. The molecule has 0 radical (unpaired) electrons. The molecule has 102 valence electrons. The Hall–Kier alpha value is -1.89. The van der Waals surface area contributed by atoms with E-state index in [-0.39, 0.29) is 22.3 Å². The lowest BCUT2D eigenvalue weighted by Crippen LogP contribution is -2.17. The summed E-state index contributed by atoms with van der Waals surface area (Å²) in [6, 6.07) is 4.37. The van der Waals surface area contributed by atoms with Crippen molar-refractivity contribution in [3.8, 4) is 0 Å². The maximum atomic E-state index is 11.6. The molecule has 7 heteroatoms. The zero-order valence-electron chi connectivity index (χ0n) is 10.4. The maximum Gasteiger partial charge on any atom is 0.310 e. The Kier molecular flexibility index (Phi) is 3.57. The van der Waals surface area contributed by atoms with Crippen LogP contribution < -0.4 is 5.32 Å². The molecule has 0 unspecified atom stereocenters. The number of nitrogens with zero attached hydrogens (tertiary/aromatic N) is 1. The largest absolute Gasteiger partial charge is 0.376 e. The van der Waals surface area contributed by atoms with Crippen LogP contribution in [0.15, 0.2) is 35.2 Å². The SMILES string of the molecule is CS(=O)(=O)c1cccc(NC2CC=CC2)c1[N+](=O)[O-]. The van der Waals surface area contributed by atoms with E-state index in [4.69, 9.17) is 0 Å². The van der Waals surface area contributed by atoms with Crippen LogP contribution in [-0.4, -0.2) is 25.6 Å². The number of hydrogen-bond donors (Lipinski definition) is 1. The number of benzene rings is 1. The molecule has 0 heterocycles. The van der Waals surface area contributed by atoms with Crippen molar-refractivity contribution in [3.05, 3.63) is 40.5 Å². The minimum absolute atomic E-state index is 0.0773. The number of sulfone groups is 1. The Balaban J connectivity index is 2.45. The highest BCUT2D eigenvalue weighted by atomic mass is 32.2. The van der Waals surface area contributed by atoms with Crippen molar-refractivity contribution in [1.29, 1.82) is 0 Å². The summed E-state index contributed by atoms with van der Waals surface area (Å²) in [6.45, 7) is 0. The normalized spacial score (nSPS) is 15.6. The second kappa shape index (κ2) is 5.00. The number of nitro benzene ring substituents is 1. The first-order valence-corrected chi connectivity index (χ1v) is 7.67. The van der Waals surface area contributed by atoms with E-state index >= 15 is 0 Å². The molecule has 0 spiro atoms. The van der Waals surface area contributed by atoms with Gasteiger partial charge in [-0.3, -0.25) is 10.1 Å². The van der Waals surface area contributed by atoms with Gasteiger partial charge < -0.3 is 5.32 Å². The van der Waals surface area contributed by atoms with Crippen LogP contribution in [0.4, 0.5) is 11.4 Å². The minimum Gasteiger partial charge on any atom is -0.376 e. The number of nitro groups is 1. The Bertz CT molecular complexity index is 629. The van der Waals surface area contributed by atoms with Crippen LogP contribution in [0.5, 0.6) is 0 Å². The summed E-state index contributed by atoms with van der Waals surface area (Å²) in [4.78, 5) is 10.2. The molecule has 1 aliphatic carbocycles. The van der Waals surface area contributed by atoms with Crippen molar-refractivity contribution in [3.63, 3.8) is 0 Å². The molecule has 0 saturated heterocycles. The van der Waals surface area contributed by atoms with Crippen molar-refractivity contribution in [1.82, 2.24) is 0 Å². The smallest absolute Gasteiger partial charge is 0.310 e. The molecule has 19 heavy (non-hydrogen) atoms. The highest BCUT2D eigenvalue weighted by molar-refractivity contribution is 7.90. The van der Waals surface area contributed by atoms with Crippen LogP contribution >= 0.6 is 0 Å². The first-order chi connectivity index (χ1) is 8.89. The summed E-state index contributed by atoms with van der Waals surface area (Å²) in [5, 5.41) is 14.2. The molecular formula is C12H14N2O4S. The molecule has 0 atom stereocenters. The van der Waals surface area contributed by atoms with E-state index in [0.29, 0.717) is 0 Å². The van der Waals surface area contributed by atoms with Crippen LogP contribution in [-0.2, 0) is 9.84 Å². The highest BCUT2D eigenvalue weighted by Crippen LogP contribution is 2.33. The average Bonchev–Trinajstić information content (AvgIpc) is 2.80. The van der Waals surface area contributed by atoms with E-state index in [2.05, 4.69) is 5.32 Å². The summed E-state index contributed by atoms with van der Waals surface area (Å²) >= 11 is 0. The maximum absolute atomic E-state index is 11.6. The number of nitrogens with one attached hydrogen (secondary N) is 1. The lowest BCUT2D eigenvalue weighted by atomic mass is 10.2. The third-order valence-corrected chi connectivity index (χ3v) is 4.08. The van der Waals surface area contributed by atoms with Crippen LogP contribution in [0.1, 0.15) is 12.8 Å². The third kappa shape index (κ3) is 2.93. The molecular weight excluding hydrogens is 268 g/mol. The van der Waals surface area contributed by atoms with E-state index in [1.165, 1.54) is 18.2 Å². The number of anilines is 1. The fourth-order valence-corrected chi connectivity index (χ4v) is 2.94. The molecule has 1 N–H and O–H groups in total. The predicted octanol–water partition coefficient (Wildman–Crippen LogP) is 2.13. The van der Waals surface area contributed by atoms with Gasteiger partial charge in [-0.25, -0.2) is 8.42 Å². The van der Waals surface area contributed by atoms with E-state index in [1.54, 1.807) is 0 Å². The van der Waals surface area contributed by atoms with Crippen LogP contribution in [0.2, 0.25) is 0 Å². The van der Waals surface area contributed by atoms with Gasteiger partial charge in [-0.15, -0.1) is 0 Å². The quantitative estimate of drug-likeness (QED) is 0.519. The molecule has 0 aliphatic heterocycles. The van der Waals surface area contributed by atoms with E-state index in [1.807, 2.05) is 12.2 Å². The van der Waals surface area contributed by atoms with Crippen molar-refractivity contribution in [2.75, 3.05) is 11.6 Å². The third-order valence-electron chi connectivity index (χ3n) is 2.95. The standard InChI is InChI=1S/C12H14N2O4S/c1-19(17,18)11-8-4-7-10(12(11)14(15)16)13-9-5-2-3-6-9/h2-4,7-9,13H,5-6H2,1H3. The van der Waals surface area contributed by atoms with Gasteiger partial charge in [0.05, 0.1) is 4.92 Å². The number of para-hydroxylation sites is 1. The number of hydrogen-bond acceptors (Lipinski definition) is 5. The molecule has 0 aromatic heterocycles. The summed E-state index contributed by atoms with van der Waals surface area (Å²) in [6.07, 6.45) is 6.50. The van der Waals surface area contributed by atoms with Crippen LogP contribution in [0.3, 0.4) is 0 Å². The van der Waals surface area contributed by atoms with Gasteiger partial charge in [0.1, 0.15) is 10.6 Å². The summed E-state index contributed by atoms with van der Waals surface area (Å²) < 4.78 is 23.2. The Morgan fingerprint density at radius 3 is 2.47 bits per heavy atom. The van der Waals surface area contributed by atoms with Gasteiger partial charge in [-0.2, -0.15) is 0 Å². The zero-order valence-corrected chi connectivity index (χ0v) is 11.2. The van der Waals surface area contributed by atoms with E-state index in [9.17, 15) is 18.5 Å². The van der Waals surface area contributed by atoms with Crippen LogP contribution in [0, 0.1) is 10.1 Å². The first kappa shape index (κ1) is 13.5. The average molecular weight is 282 g/mol. The van der Waals surface area contributed by atoms with Gasteiger partial charge in [-0.1, -0.05) is 18.2 Å². The lowest BCUT2D eigenvalue weighted by molar-refractivity contribution is -0.386. The summed E-state index contributed by atoms with van der Waals surface area (Å²) in [7, 11) is -3.63. The van der Waals surface area contributed by atoms with Gasteiger partial charge in [0, 0.05) is 12.3 Å². The summed E-state index contributed by atoms with van der Waals surface area (Å²) in [5.74, 6) is 0. The van der Waals surface area contributed by atoms with E-state index < -0.39 is 14.8 Å². The predicted molar refractivity (Wildman–Crippen MR) is 72.0 cm³/mol. The molecule has 6 nitrogen and oxygen atoms in total. The monoisotopic (exact) mass is 282 g/mol. The van der Waals surface area contributed by atoms with Crippen molar-refractivity contribution in [2.45, 2.75) is 23.8 Å². The topological polar surface area (TPSA) is 89.3 Å². The molecule has 1 aromatic carbocycles. The van der Waals surface area contributed by atoms with Gasteiger partial charge in [0.25, 0.3) is 0 Å². The molecule has 2 rings (SSSR count). The van der Waals surface area contributed by atoms with E-state index in [0.717, 1.165) is 19.1 Å². The molecule has 0 bridgehead atoms. The molecule has 0 amide bonds. The fourth-order valence-electron chi connectivity index (χ4n) is 2.08. The van der Waals surface area contributed by atoms with Gasteiger partial charge in [0.15, 0.2) is 9.84 Å². The molecule has 0 saturated carbocycles. The van der Waals surface area contributed by atoms with Gasteiger partial charge >= 0.3 is 5.69 Å². The first-order valence-electron chi connectivity index (χ1n) is 5.78. The van der Waals surface area contributed by atoms with Crippen molar-refractivity contribution >= 4 is 21.2 Å². The fraction of sp³-hybridized carbons (Fsp3) is 0.333. The Morgan fingerprint density at radius 2 is 1.95 bits per heavy atom. The molecule has 1 aliphatic rings. The number of rotatable bonds is 4. The lowest BCUT2D eigenvalue weighted by Gasteiger charge is -2.14. The molecule has 0 fully saturated rings. The van der Waals surface area contributed by atoms with Crippen molar-refractivity contribution < 1.29 is 13.3 Å². The van der Waals surface area contributed by atoms with Gasteiger partial charge in [-0.05, 0) is 25.0 Å². The van der Waals surface area contributed by atoms with Crippen LogP contribution in [0.25, 0.3) is 0 Å². The zero-order chi connectivity index (χ0) is 14.0. The second-order valence-electron chi connectivity index (χ2n) is 4.47. The van der Waals surface area contributed by atoms with Gasteiger partial charge in [0.2, 0.25) is 0 Å². The highest BCUT2D eigenvalue weighted by Gasteiger charge is 2.27. The van der Waals surface area contributed by atoms with Crippen molar-refractivity contribution in [2.24, 2.45) is 0 Å². The Labute approximate surface area is 111 Å². The molecule has 1 aromatic rings. The minimum atomic E-state index is -3.63. The summed E-state index contributed by atoms with van der Waals surface area (Å²) in [5.41, 5.74) is -0.126. The Morgan fingerprint density at radius 1 is 1.32 bits per heavy atom.